The first-order valence-corrected chi connectivity index (χ1v) is 10.8. The Bertz CT molecular complexity index is 1190. The van der Waals surface area contributed by atoms with Crippen LogP contribution in [0.4, 0.5) is 4.39 Å². The Balaban J connectivity index is 1.72. The highest BCUT2D eigenvalue weighted by atomic mass is 19.1. The molecule has 4 rings (SSSR count). The van der Waals surface area contributed by atoms with Crippen LogP contribution in [-0.4, -0.2) is 35.3 Å². The molecule has 0 radical (unpaired) electrons. The summed E-state index contributed by atoms with van der Waals surface area (Å²) in [6.45, 7) is 2.74. The van der Waals surface area contributed by atoms with E-state index in [9.17, 15) is 14.0 Å². The van der Waals surface area contributed by atoms with Gasteiger partial charge >= 0.3 is 0 Å². The summed E-state index contributed by atoms with van der Waals surface area (Å²) in [4.78, 5) is 29.8. The number of rotatable bonds is 8. The van der Waals surface area contributed by atoms with Crippen LogP contribution in [0.1, 0.15) is 23.6 Å². The smallest absolute Gasteiger partial charge is 0.278 e. The van der Waals surface area contributed by atoms with Gasteiger partial charge in [-0.15, -0.1) is 0 Å². The minimum atomic E-state index is -0.452. The molecule has 0 N–H and O–H groups in total. The van der Waals surface area contributed by atoms with Crippen molar-refractivity contribution in [3.63, 3.8) is 0 Å². The Labute approximate surface area is 192 Å². The third-order valence-corrected chi connectivity index (χ3v) is 5.53. The molecule has 1 aliphatic rings. The zero-order chi connectivity index (χ0) is 23.4. The molecule has 2 amide bonds. The third-order valence-electron chi connectivity index (χ3n) is 5.53. The topological polar surface area (TPSA) is 49.9 Å². The van der Waals surface area contributed by atoms with E-state index in [0.29, 0.717) is 35.7 Å². The molecule has 5 nitrogen and oxygen atoms in total. The maximum Gasteiger partial charge on any atom is 0.278 e. The highest BCUT2D eigenvalue weighted by Gasteiger charge is 2.41. The molecule has 3 aromatic carbocycles. The molecule has 6 heteroatoms. The average Bonchev–Trinajstić information content (AvgIpc) is 3.07. The van der Waals surface area contributed by atoms with E-state index in [2.05, 4.69) is 0 Å². The molecular weight excluding hydrogens is 419 g/mol. The highest BCUT2D eigenvalue weighted by molar-refractivity contribution is 6.35. The van der Waals surface area contributed by atoms with E-state index in [1.807, 2.05) is 37.3 Å². The lowest BCUT2D eigenvalue weighted by Crippen LogP contribution is -2.34. The molecule has 0 atom stereocenters. The molecule has 0 bridgehead atoms. The van der Waals surface area contributed by atoms with Crippen LogP contribution in [0.3, 0.4) is 0 Å². The second-order valence-electron chi connectivity index (χ2n) is 7.81. The Hall–Kier alpha value is -3.93. The maximum absolute atomic E-state index is 14.3. The number of halogens is 1. The molecule has 3 aromatic rings. The van der Waals surface area contributed by atoms with Crippen molar-refractivity contribution >= 4 is 17.4 Å². The van der Waals surface area contributed by atoms with E-state index < -0.39 is 17.6 Å². The number of hydrogen-bond acceptors (Lipinski definition) is 4. The van der Waals surface area contributed by atoms with Gasteiger partial charge in [-0.2, -0.15) is 0 Å². The van der Waals surface area contributed by atoms with Gasteiger partial charge in [0.2, 0.25) is 0 Å². The second-order valence-corrected chi connectivity index (χ2v) is 7.81. The van der Waals surface area contributed by atoms with Crippen molar-refractivity contribution in [2.24, 2.45) is 0 Å². The summed E-state index contributed by atoms with van der Waals surface area (Å²) in [5, 5.41) is 0. The van der Waals surface area contributed by atoms with Crippen LogP contribution in [0, 0.1) is 5.82 Å². The van der Waals surface area contributed by atoms with Crippen molar-refractivity contribution in [3.05, 3.63) is 107 Å². The normalized spacial score (nSPS) is 13.6. The van der Waals surface area contributed by atoms with Gasteiger partial charge in [-0.05, 0) is 36.2 Å². The van der Waals surface area contributed by atoms with E-state index in [4.69, 9.17) is 4.74 Å². The standard InChI is InChI=1S/C27H25FN2O3/c1-3-33-22-15-13-20(14-16-22)24-25(29(2)17-19-9-5-4-6-10-19)27(32)30(26(24)31)18-21-11-7-8-12-23(21)28/h4-16H,3,17-18H2,1-2H3. The van der Waals surface area contributed by atoms with Crippen molar-refractivity contribution < 1.29 is 18.7 Å². The van der Waals surface area contributed by atoms with Crippen LogP contribution in [0.5, 0.6) is 5.75 Å². The Morgan fingerprint density at radius 3 is 2.21 bits per heavy atom. The summed E-state index contributed by atoms with van der Waals surface area (Å²) < 4.78 is 19.8. The molecule has 0 saturated carbocycles. The number of likely N-dealkylation sites (N-methyl/N-ethyl adjacent to an activating group) is 1. The van der Waals surface area contributed by atoms with Crippen LogP contribution in [0.2, 0.25) is 0 Å². The van der Waals surface area contributed by atoms with Gasteiger partial charge in [-0.3, -0.25) is 14.5 Å². The molecule has 33 heavy (non-hydrogen) atoms. The Morgan fingerprint density at radius 2 is 1.55 bits per heavy atom. The number of amides is 2. The quantitative estimate of drug-likeness (QED) is 0.475. The predicted molar refractivity (Wildman–Crippen MR) is 124 cm³/mol. The SMILES string of the molecule is CCOc1ccc(C2=C(N(C)Cc3ccccc3)C(=O)N(Cc3ccccc3F)C2=O)cc1. The number of carbonyl (C=O) groups excluding carboxylic acids is 2. The summed E-state index contributed by atoms with van der Waals surface area (Å²) >= 11 is 0. The van der Waals surface area contributed by atoms with Crippen molar-refractivity contribution in [1.82, 2.24) is 9.80 Å². The number of ether oxygens (including phenoxy) is 1. The van der Waals surface area contributed by atoms with Gasteiger partial charge in [0.1, 0.15) is 17.3 Å². The van der Waals surface area contributed by atoms with Crippen LogP contribution in [0.25, 0.3) is 5.57 Å². The van der Waals surface area contributed by atoms with Crippen molar-refractivity contribution in [1.29, 1.82) is 0 Å². The average molecular weight is 445 g/mol. The number of imide groups is 1. The molecule has 1 heterocycles. The Morgan fingerprint density at radius 1 is 0.879 bits per heavy atom. The summed E-state index contributed by atoms with van der Waals surface area (Å²) in [7, 11) is 1.79. The fourth-order valence-electron chi connectivity index (χ4n) is 3.94. The number of nitrogens with zero attached hydrogens (tertiary/aromatic N) is 2. The largest absolute Gasteiger partial charge is 0.494 e. The highest BCUT2D eigenvalue weighted by Crippen LogP contribution is 2.33. The first-order chi connectivity index (χ1) is 16.0. The number of carbonyl (C=O) groups is 2. The molecule has 1 aliphatic heterocycles. The van der Waals surface area contributed by atoms with E-state index in [1.165, 1.54) is 6.07 Å². The summed E-state index contributed by atoms with van der Waals surface area (Å²) in [5.74, 6) is -0.652. The molecule has 0 aromatic heterocycles. The van der Waals surface area contributed by atoms with Gasteiger partial charge in [0.25, 0.3) is 11.8 Å². The van der Waals surface area contributed by atoms with Gasteiger partial charge in [0, 0.05) is 19.2 Å². The molecule has 0 fully saturated rings. The lowest BCUT2D eigenvalue weighted by Gasteiger charge is -2.21. The third kappa shape index (κ3) is 4.65. The monoisotopic (exact) mass is 444 g/mol. The van der Waals surface area contributed by atoms with E-state index in [-0.39, 0.29) is 12.1 Å². The molecule has 0 saturated heterocycles. The van der Waals surface area contributed by atoms with Crippen LogP contribution in [0.15, 0.2) is 84.6 Å². The molecule has 0 aliphatic carbocycles. The maximum atomic E-state index is 14.3. The van der Waals surface area contributed by atoms with Crippen LogP contribution >= 0.6 is 0 Å². The van der Waals surface area contributed by atoms with Gasteiger partial charge in [-0.1, -0.05) is 60.7 Å². The lowest BCUT2D eigenvalue weighted by molar-refractivity contribution is -0.138. The van der Waals surface area contributed by atoms with E-state index >= 15 is 0 Å². The molecular formula is C27H25FN2O3. The first-order valence-electron chi connectivity index (χ1n) is 10.8. The van der Waals surface area contributed by atoms with Crippen LogP contribution in [-0.2, 0) is 22.7 Å². The van der Waals surface area contributed by atoms with Gasteiger partial charge in [0.15, 0.2) is 0 Å². The number of benzene rings is 3. The van der Waals surface area contributed by atoms with E-state index in [1.54, 1.807) is 54.4 Å². The zero-order valence-electron chi connectivity index (χ0n) is 18.6. The first kappa shape index (κ1) is 22.3. The second kappa shape index (κ2) is 9.69. The van der Waals surface area contributed by atoms with Gasteiger partial charge in [-0.25, -0.2) is 4.39 Å². The summed E-state index contributed by atoms with van der Waals surface area (Å²) in [5.41, 5.74) is 2.51. The summed E-state index contributed by atoms with van der Waals surface area (Å²) in [6.07, 6.45) is 0. The predicted octanol–water partition coefficient (Wildman–Crippen LogP) is 4.64. The lowest BCUT2D eigenvalue weighted by atomic mass is 10.0. The number of hydrogen-bond donors (Lipinski definition) is 0. The van der Waals surface area contributed by atoms with E-state index in [0.717, 1.165) is 10.5 Å². The molecule has 168 valence electrons. The fraction of sp³-hybridized carbons (Fsp3) is 0.185. The molecule has 0 unspecified atom stereocenters. The van der Waals surface area contributed by atoms with Crippen LogP contribution < -0.4 is 4.74 Å². The minimum absolute atomic E-state index is 0.131. The zero-order valence-corrected chi connectivity index (χ0v) is 18.6. The molecule has 0 spiro atoms. The Kier molecular flexibility index (Phi) is 6.54. The summed E-state index contributed by atoms with van der Waals surface area (Å²) in [6, 6.07) is 23.0. The van der Waals surface area contributed by atoms with Crippen molar-refractivity contribution in [2.75, 3.05) is 13.7 Å². The van der Waals surface area contributed by atoms with Crippen molar-refractivity contribution in [2.45, 2.75) is 20.0 Å². The van der Waals surface area contributed by atoms with Gasteiger partial charge in [0.05, 0.1) is 18.7 Å². The minimum Gasteiger partial charge on any atom is -0.494 e. The van der Waals surface area contributed by atoms with Gasteiger partial charge < -0.3 is 9.64 Å². The fourth-order valence-corrected chi connectivity index (χ4v) is 3.94. The van der Waals surface area contributed by atoms with Crippen molar-refractivity contribution in [3.8, 4) is 5.75 Å².